The van der Waals surface area contributed by atoms with E-state index in [4.69, 9.17) is 9.84 Å². The molecule has 18 heavy (non-hydrogen) atoms. The summed E-state index contributed by atoms with van der Waals surface area (Å²) in [6.45, 7) is 1.10. The van der Waals surface area contributed by atoms with Crippen LogP contribution in [-0.2, 0) is 4.74 Å². The number of hydrogen-bond donors (Lipinski definition) is 2. The minimum atomic E-state index is -0.998. The van der Waals surface area contributed by atoms with Gasteiger partial charge in [0.15, 0.2) is 0 Å². The first-order valence-electron chi connectivity index (χ1n) is 5.44. The summed E-state index contributed by atoms with van der Waals surface area (Å²) in [6, 6.07) is 4.98. The maximum atomic E-state index is 11.1. The lowest BCUT2D eigenvalue weighted by molar-refractivity contribution is 0.0699. The molecule has 0 atom stereocenters. The number of aromatic carboxylic acids is 1. The fraction of sp³-hybridized carbons (Fsp3) is 0.250. The van der Waals surface area contributed by atoms with Gasteiger partial charge in [0.05, 0.1) is 17.7 Å². The van der Waals surface area contributed by atoms with Gasteiger partial charge < -0.3 is 15.2 Å². The number of rotatable bonds is 5. The summed E-state index contributed by atoms with van der Waals surface area (Å²) in [5, 5.41) is 12.8. The van der Waals surface area contributed by atoms with Crippen LogP contribution in [0.5, 0.6) is 0 Å². The number of fused-ring (bicyclic) bond motifs is 1. The first-order valence-corrected chi connectivity index (χ1v) is 5.44. The van der Waals surface area contributed by atoms with Gasteiger partial charge in [-0.3, -0.25) is 0 Å². The van der Waals surface area contributed by atoms with Crippen LogP contribution in [0.1, 0.15) is 10.4 Å². The lowest BCUT2D eigenvalue weighted by Crippen LogP contribution is -2.10. The molecule has 2 aromatic rings. The molecule has 2 N–H and O–H groups in total. The first kappa shape index (κ1) is 12.3. The van der Waals surface area contributed by atoms with Crippen LogP contribution in [-0.4, -0.2) is 41.3 Å². The van der Waals surface area contributed by atoms with E-state index in [9.17, 15) is 4.79 Å². The van der Waals surface area contributed by atoms with Crippen molar-refractivity contribution in [1.82, 2.24) is 9.97 Å². The van der Waals surface area contributed by atoms with E-state index in [0.717, 1.165) is 0 Å². The highest BCUT2D eigenvalue weighted by Crippen LogP contribution is 2.17. The molecular formula is C12H13N3O3. The Kier molecular flexibility index (Phi) is 3.69. The average molecular weight is 247 g/mol. The van der Waals surface area contributed by atoms with Crippen LogP contribution >= 0.6 is 0 Å². The topological polar surface area (TPSA) is 84.3 Å². The molecule has 0 amide bonds. The Morgan fingerprint density at radius 2 is 2.33 bits per heavy atom. The van der Waals surface area contributed by atoms with E-state index in [1.165, 1.54) is 6.07 Å². The number of carboxylic acid groups (broad SMARTS) is 1. The monoisotopic (exact) mass is 247 g/mol. The highest BCUT2D eigenvalue weighted by molar-refractivity contribution is 6.01. The van der Waals surface area contributed by atoms with E-state index in [1.807, 2.05) is 0 Å². The van der Waals surface area contributed by atoms with Gasteiger partial charge >= 0.3 is 5.97 Å². The maximum absolute atomic E-state index is 11.1. The summed E-state index contributed by atoms with van der Waals surface area (Å²) in [6.07, 6.45) is 1.60. The Morgan fingerprint density at radius 3 is 3.06 bits per heavy atom. The van der Waals surface area contributed by atoms with Crippen molar-refractivity contribution in [3.8, 4) is 0 Å². The number of carboxylic acids is 1. The van der Waals surface area contributed by atoms with E-state index in [0.29, 0.717) is 30.0 Å². The highest BCUT2D eigenvalue weighted by atomic mass is 16.5. The van der Waals surface area contributed by atoms with E-state index in [1.54, 1.807) is 25.4 Å². The molecule has 0 fully saturated rings. The SMILES string of the molecule is COCCNc1ncc2cccc(C(=O)O)c2n1. The molecule has 1 aromatic heterocycles. The van der Waals surface area contributed by atoms with Gasteiger partial charge in [-0.25, -0.2) is 14.8 Å². The molecule has 0 saturated heterocycles. The Hall–Kier alpha value is -2.21. The smallest absolute Gasteiger partial charge is 0.337 e. The van der Waals surface area contributed by atoms with E-state index in [-0.39, 0.29) is 5.56 Å². The molecular weight excluding hydrogens is 234 g/mol. The predicted molar refractivity (Wildman–Crippen MR) is 66.9 cm³/mol. The van der Waals surface area contributed by atoms with Crippen LogP contribution in [0.4, 0.5) is 5.95 Å². The largest absolute Gasteiger partial charge is 0.478 e. The molecule has 2 rings (SSSR count). The number of para-hydroxylation sites is 1. The molecule has 0 bridgehead atoms. The lowest BCUT2D eigenvalue weighted by Gasteiger charge is -2.06. The number of ether oxygens (including phenoxy) is 1. The number of nitrogens with one attached hydrogen (secondary N) is 1. The van der Waals surface area contributed by atoms with Crippen molar-refractivity contribution in [1.29, 1.82) is 0 Å². The summed E-state index contributed by atoms with van der Waals surface area (Å²) >= 11 is 0. The van der Waals surface area contributed by atoms with Crippen molar-refractivity contribution in [2.24, 2.45) is 0 Å². The molecule has 0 spiro atoms. The molecule has 0 radical (unpaired) electrons. The summed E-state index contributed by atoms with van der Waals surface area (Å²) in [5.41, 5.74) is 0.601. The number of hydrogen-bond acceptors (Lipinski definition) is 5. The number of nitrogens with zero attached hydrogens (tertiary/aromatic N) is 2. The van der Waals surface area contributed by atoms with E-state index < -0.39 is 5.97 Å². The first-order chi connectivity index (χ1) is 8.72. The average Bonchev–Trinajstić information content (AvgIpc) is 2.38. The molecule has 1 aromatic carbocycles. The molecule has 94 valence electrons. The zero-order valence-electron chi connectivity index (χ0n) is 9.88. The molecule has 6 heteroatoms. The quantitative estimate of drug-likeness (QED) is 0.777. The third-order valence-electron chi connectivity index (χ3n) is 2.43. The van der Waals surface area contributed by atoms with E-state index in [2.05, 4.69) is 15.3 Å². The van der Waals surface area contributed by atoms with Crippen molar-refractivity contribution in [2.75, 3.05) is 25.6 Å². The zero-order valence-corrected chi connectivity index (χ0v) is 9.88. The predicted octanol–water partition coefficient (Wildman–Crippen LogP) is 1.39. The van der Waals surface area contributed by atoms with Gasteiger partial charge in [0.2, 0.25) is 5.95 Å². The van der Waals surface area contributed by atoms with Crippen LogP contribution in [0, 0.1) is 0 Å². The summed E-state index contributed by atoms with van der Waals surface area (Å²) in [7, 11) is 1.60. The van der Waals surface area contributed by atoms with Crippen LogP contribution in [0.15, 0.2) is 24.4 Å². The van der Waals surface area contributed by atoms with Gasteiger partial charge in [0, 0.05) is 25.2 Å². The van der Waals surface area contributed by atoms with Gasteiger partial charge in [-0.15, -0.1) is 0 Å². The van der Waals surface area contributed by atoms with Crippen molar-refractivity contribution < 1.29 is 14.6 Å². The fourth-order valence-corrected chi connectivity index (χ4v) is 1.58. The molecule has 0 aliphatic carbocycles. The van der Waals surface area contributed by atoms with Crippen molar-refractivity contribution in [3.63, 3.8) is 0 Å². The molecule has 1 heterocycles. The molecule has 6 nitrogen and oxygen atoms in total. The number of benzene rings is 1. The van der Waals surface area contributed by atoms with Crippen LogP contribution < -0.4 is 5.32 Å². The Balaban J connectivity index is 2.36. The van der Waals surface area contributed by atoms with Gasteiger partial charge in [-0.05, 0) is 6.07 Å². The van der Waals surface area contributed by atoms with Crippen molar-refractivity contribution >= 4 is 22.8 Å². The molecule has 0 unspecified atom stereocenters. The van der Waals surface area contributed by atoms with Gasteiger partial charge in [0.25, 0.3) is 0 Å². The Labute approximate surface area is 104 Å². The number of methoxy groups -OCH3 is 1. The maximum Gasteiger partial charge on any atom is 0.337 e. The van der Waals surface area contributed by atoms with Crippen molar-refractivity contribution in [2.45, 2.75) is 0 Å². The fourth-order valence-electron chi connectivity index (χ4n) is 1.58. The number of carbonyl (C=O) groups is 1. The highest BCUT2D eigenvalue weighted by Gasteiger charge is 2.10. The van der Waals surface area contributed by atoms with Crippen LogP contribution in [0.3, 0.4) is 0 Å². The Bertz CT molecular complexity index is 571. The van der Waals surface area contributed by atoms with Crippen molar-refractivity contribution in [3.05, 3.63) is 30.0 Å². The Morgan fingerprint density at radius 1 is 1.50 bits per heavy atom. The van der Waals surface area contributed by atoms with Crippen LogP contribution in [0.25, 0.3) is 10.9 Å². The standard InChI is InChI=1S/C12H13N3O3/c1-18-6-5-13-12-14-7-8-3-2-4-9(11(16)17)10(8)15-12/h2-4,7H,5-6H2,1H3,(H,16,17)(H,13,14,15). The lowest BCUT2D eigenvalue weighted by atomic mass is 10.1. The third-order valence-corrected chi connectivity index (χ3v) is 2.43. The molecule has 0 aliphatic heterocycles. The minimum Gasteiger partial charge on any atom is -0.478 e. The summed E-state index contributed by atoms with van der Waals surface area (Å²) in [5.74, 6) is -0.601. The van der Waals surface area contributed by atoms with Gasteiger partial charge in [0.1, 0.15) is 0 Å². The van der Waals surface area contributed by atoms with Gasteiger partial charge in [-0.2, -0.15) is 0 Å². The number of aromatic nitrogens is 2. The van der Waals surface area contributed by atoms with E-state index >= 15 is 0 Å². The second-order valence-corrected chi connectivity index (χ2v) is 3.66. The second kappa shape index (κ2) is 5.42. The minimum absolute atomic E-state index is 0.171. The molecule has 0 saturated carbocycles. The summed E-state index contributed by atoms with van der Waals surface area (Å²) in [4.78, 5) is 19.4. The van der Waals surface area contributed by atoms with Gasteiger partial charge in [-0.1, -0.05) is 12.1 Å². The second-order valence-electron chi connectivity index (χ2n) is 3.66. The zero-order chi connectivity index (χ0) is 13.0. The normalized spacial score (nSPS) is 10.5. The van der Waals surface area contributed by atoms with Crippen LogP contribution in [0.2, 0.25) is 0 Å². The molecule has 0 aliphatic rings. The summed E-state index contributed by atoms with van der Waals surface area (Å²) < 4.78 is 4.90. The third kappa shape index (κ3) is 2.54. The number of anilines is 1.